The van der Waals surface area contributed by atoms with Crippen LogP contribution in [0.2, 0.25) is 0 Å². The molecule has 1 amide bonds. The molecule has 3 aliphatic rings. The van der Waals surface area contributed by atoms with Crippen molar-refractivity contribution >= 4 is 28.4 Å². The molecular formula is C34H42N8O2. The number of likely N-dealkylation sites (N-methyl/N-ethyl adjacent to an activating group) is 1. The number of aromatic nitrogens is 4. The van der Waals surface area contributed by atoms with Gasteiger partial charge < -0.3 is 20.7 Å². The summed E-state index contributed by atoms with van der Waals surface area (Å²) in [7, 11) is 3.83. The summed E-state index contributed by atoms with van der Waals surface area (Å²) in [5.74, 6) is 1.83. The van der Waals surface area contributed by atoms with E-state index >= 15 is 0 Å². The Hall–Kier alpha value is -4.02. The number of carbonyl (C=O) groups is 1. The molecule has 10 heteroatoms. The Bertz CT molecular complexity index is 1620. The van der Waals surface area contributed by atoms with Crippen LogP contribution in [-0.4, -0.2) is 81.8 Å². The van der Waals surface area contributed by atoms with Gasteiger partial charge in [-0.05, 0) is 68.7 Å². The zero-order valence-electron chi connectivity index (χ0n) is 25.7. The van der Waals surface area contributed by atoms with Gasteiger partial charge in [-0.25, -0.2) is 14.6 Å². The van der Waals surface area contributed by atoms with Crippen LogP contribution >= 0.6 is 0 Å². The first-order valence-electron chi connectivity index (χ1n) is 15.9. The van der Waals surface area contributed by atoms with E-state index in [1.165, 1.54) is 11.9 Å². The molecule has 1 aliphatic heterocycles. The van der Waals surface area contributed by atoms with Crippen LogP contribution in [-0.2, 0) is 4.79 Å². The quantitative estimate of drug-likeness (QED) is 0.295. The zero-order valence-corrected chi connectivity index (χ0v) is 25.7. The van der Waals surface area contributed by atoms with Gasteiger partial charge in [0.05, 0.1) is 24.2 Å². The number of amides is 1. The molecule has 10 nitrogen and oxygen atoms in total. The minimum absolute atomic E-state index is 0.000899. The number of hydrogen-bond acceptors (Lipinski definition) is 8. The van der Waals surface area contributed by atoms with E-state index in [4.69, 9.17) is 15.6 Å². The highest BCUT2D eigenvalue weighted by atomic mass is 16.5. The fourth-order valence-electron chi connectivity index (χ4n) is 7.27. The van der Waals surface area contributed by atoms with Crippen LogP contribution in [0.1, 0.15) is 56.0 Å². The van der Waals surface area contributed by atoms with Gasteiger partial charge in [-0.2, -0.15) is 5.10 Å². The van der Waals surface area contributed by atoms with E-state index in [0.29, 0.717) is 41.6 Å². The first-order chi connectivity index (χ1) is 21.5. The molecule has 230 valence electrons. The van der Waals surface area contributed by atoms with Crippen LogP contribution in [0.25, 0.3) is 22.3 Å². The topological polar surface area (TPSA) is 114 Å². The Kier molecular flexibility index (Phi) is 7.95. The summed E-state index contributed by atoms with van der Waals surface area (Å²) in [6, 6.07) is 17.1. The Morgan fingerprint density at radius 2 is 1.75 bits per heavy atom. The van der Waals surface area contributed by atoms with Crippen molar-refractivity contribution in [3.8, 4) is 17.0 Å². The number of nitrogens with one attached hydrogen (secondary N) is 1. The first-order valence-corrected chi connectivity index (χ1v) is 15.9. The van der Waals surface area contributed by atoms with Crippen molar-refractivity contribution in [2.24, 2.45) is 5.92 Å². The molecule has 3 N–H and O–H groups in total. The van der Waals surface area contributed by atoms with Gasteiger partial charge in [0, 0.05) is 44.2 Å². The predicted molar refractivity (Wildman–Crippen MR) is 173 cm³/mol. The lowest BCUT2D eigenvalue weighted by Crippen LogP contribution is -2.49. The Labute approximate surface area is 258 Å². The van der Waals surface area contributed by atoms with E-state index in [1.54, 1.807) is 7.11 Å². The second kappa shape index (κ2) is 12.2. The molecule has 0 spiro atoms. The molecule has 2 aromatic carbocycles. The summed E-state index contributed by atoms with van der Waals surface area (Å²) < 4.78 is 7.81. The molecule has 0 radical (unpaired) electrons. The maximum Gasteiger partial charge on any atom is 0.224 e. The highest BCUT2D eigenvalue weighted by Crippen LogP contribution is 2.49. The van der Waals surface area contributed by atoms with Crippen molar-refractivity contribution in [3.05, 3.63) is 60.4 Å². The highest BCUT2D eigenvalue weighted by Gasteiger charge is 2.39. The number of hydrogen-bond donors (Lipinski definition) is 2. The van der Waals surface area contributed by atoms with Gasteiger partial charge >= 0.3 is 0 Å². The summed E-state index contributed by atoms with van der Waals surface area (Å²) in [6.07, 6.45) is 7.47. The van der Waals surface area contributed by atoms with Gasteiger partial charge in [-0.3, -0.25) is 9.69 Å². The van der Waals surface area contributed by atoms with Crippen LogP contribution in [0, 0.1) is 5.92 Å². The number of ether oxygens (including phenoxy) is 1. The molecule has 4 aromatic rings. The molecule has 1 saturated heterocycles. The third-order valence-corrected chi connectivity index (χ3v) is 9.93. The number of benzene rings is 2. The van der Waals surface area contributed by atoms with Gasteiger partial charge in [0.1, 0.15) is 23.6 Å². The summed E-state index contributed by atoms with van der Waals surface area (Å²) in [4.78, 5) is 27.0. The average Bonchev–Trinajstić information content (AvgIpc) is 3.70. The minimum atomic E-state index is -0.000899. The molecule has 0 bridgehead atoms. The molecule has 7 rings (SSSR count). The van der Waals surface area contributed by atoms with Crippen molar-refractivity contribution in [2.45, 2.75) is 56.5 Å². The van der Waals surface area contributed by atoms with Gasteiger partial charge in [0.2, 0.25) is 5.91 Å². The van der Waals surface area contributed by atoms with E-state index in [9.17, 15) is 4.79 Å². The van der Waals surface area contributed by atoms with Gasteiger partial charge in [-0.15, -0.1) is 0 Å². The number of piperazine rings is 1. The maximum absolute atomic E-state index is 13.0. The second-order valence-electron chi connectivity index (χ2n) is 12.7. The molecule has 3 heterocycles. The van der Waals surface area contributed by atoms with Crippen molar-refractivity contribution in [1.82, 2.24) is 29.5 Å². The van der Waals surface area contributed by atoms with E-state index < -0.39 is 0 Å². The number of carbonyl (C=O) groups excluding carboxylic acids is 1. The standard InChI is InChI=1S/C34H42N8O2/c1-40-14-16-41(17-15-40)25-9-11-26(12-10-25)42-34-31(33(35)36-21-37-34)32(39-42)23-8-13-28(29(19-23)44-2)38-30(43)20-24-18-27(24)22-6-4-3-5-7-22/h3-8,13,19,21,24-27H,9-12,14-18,20H2,1-2H3,(H,38,43)(H2,35,36,37)/t24-,25?,26?,27+/m0/s1. The molecule has 2 saturated carbocycles. The lowest BCUT2D eigenvalue weighted by molar-refractivity contribution is -0.116. The van der Waals surface area contributed by atoms with Crippen molar-refractivity contribution in [2.75, 3.05) is 51.4 Å². The second-order valence-corrected chi connectivity index (χ2v) is 12.7. The monoisotopic (exact) mass is 594 g/mol. The number of rotatable bonds is 8. The number of nitrogens with two attached hydrogens (primary N) is 1. The molecule has 2 aromatic heterocycles. The van der Waals surface area contributed by atoms with E-state index in [1.807, 2.05) is 24.3 Å². The van der Waals surface area contributed by atoms with E-state index in [2.05, 4.69) is 61.1 Å². The first kappa shape index (κ1) is 28.7. The van der Waals surface area contributed by atoms with Crippen molar-refractivity contribution in [1.29, 1.82) is 0 Å². The summed E-state index contributed by atoms with van der Waals surface area (Å²) in [6.45, 7) is 4.59. The third kappa shape index (κ3) is 5.76. The smallest absolute Gasteiger partial charge is 0.224 e. The number of methoxy groups -OCH3 is 1. The Morgan fingerprint density at radius 1 is 1.00 bits per heavy atom. The Morgan fingerprint density at radius 3 is 2.50 bits per heavy atom. The van der Waals surface area contributed by atoms with E-state index in [-0.39, 0.29) is 11.9 Å². The Balaban J connectivity index is 1.08. The molecule has 0 unspecified atom stereocenters. The van der Waals surface area contributed by atoms with E-state index in [0.717, 1.165) is 80.6 Å². The van der Waals surface area contributed by atoms with Crippen LogP contribution in [0.3, 0.4) is 0 Å². The molecular weight excluding hydrogens is 552 g/mol. The summed E-state index contributed by atoms with van der Waals surface area (Å²) >= 11 is 0. The predicted octanol–water partition coefficient (Wildman–Crippen LogP) is 4.95. The largest absolute Gasteiger partial charge is 0.495 e. The van der Waals surface area contributed by atoms with Crippen LogP contribution in [0.15, 0.2) is 54.9 Å². The van der Waals surface area contributed by atoms with Crippen LogP contribution in [0.4, 0.5) is 11.5 Å². The summed E-state index contributed by atoms with van der Waals surface area (Å²) in [5, 5.41) is 8.95. The number of fused-ring (bicyclic) bond motifs is 1. The van der Waals surface area contributed by atoms with Gasteiger partial charge in [0.25, 0.3) is 0 Å². The normalized spacial score (nSPS) is 24.3. The summed E-state index contributed by atoms with van der Waals surface area (Å²) in [5.41, 5.74) is 10.7. The highest BCUT2D eigenvalue weighted by molar-refractivity contribution is 5.99. The van der Waals surface area contributed by atoms with Crippen molar-refractivity contribution in [3.63, 3.8) is 0 Å². The molecule has 3 fully saturated rings. The third-order valence-electron chi connectivity index (χ3n) is 9.93. The molecule has 2 atom stereocenters. The number of anilines is 2. The molecule has 44 heavy (non-hydrogen) atoms. The van der Waals surface area contributed by atoms with Crippen molar-refractivity contribution < 1.29 is 9.53 Å². The average molecular weight is 595 g/mol. The number of nitrogens with zero attached hydrogens (tertiary/aromatic N) is 6. The maximum atomic E-state index is 13.0. The van der Waals surface area contributed by atoms with Crippen LogP contribution < -0.4 is 15.8 Å². The fraction of sp³-hybridized carbons (Fsp3) is 0.471. The van der Waals surface area contributed by atoms with Crippen LogP contribution in [0.5, 0.6) is 5.75 Å². The minimum Gasteiger partial charge on any atom is -0.495 e. The SMILES string of the molecule is COc1cc(-c2nn(C3CCC(N4CCN(C)CC4)CC3)c3ncnc(N)c23)ccc1NC(=O)C[C@@H]1C[C@@H]1c1ccccc1. The van der Waals surface area contributed by atoms with Gasteiger partial charge in [0.15, 0.2) is 5.65 Å². The zero-order chi connectivity index (χ0) is 30.2. The lowest BCUT2D eigenvalue weighted by Gasteiger charge is -2.41. The van der Waals surface area contributed by atoms with Gasteiger partial charge in [-0.1, -0.05) is 36.4 Å². The lowest BCUT2D eigenvalue weighted by atomic mass is 9.90. The molecule has 2 aliphatic carbocycles. The number of nitrogen functional groups attached to an aromatic ring is 1. The fourth-order valence-corrected chi connectivity index (χ4v) is 7.27.